The van der Waals surface area contributed by atoms with Gasteiger partial charge in [0.05, 0.1) is 29.8 Å². The number of nitrogens with one attached hydrogen (secondary N) is 1. The van der Waals surface area contributed by atoms with Crippen molar-refractivity contribution in [2.24, 2.45) is 0 Å². The Morgan fingerprint density at radius 2 is 1.88 bits per heavy atom. The average molecular weight is 495 g/mol. The van der Waals surface area contributed by atoms with Crippen molar-refractivity contribution in [3.05, 3.63) is 48.7 Å². The van der Waals surface area contributed by atoms with Crippen LogP contribution in [0.15, 0.2) is 37.3 Å². The fourth-order valence-corrected chi connectivity index (χ4v) is 3.19. The van der Waals surface area contributed by atoms with Crippen LogP contribution in [0.2, 0.25) is 0 Å². The lowest BCUT2D eigenvalue weighted by molar-refractivity contribution is -0.357. The fourth-order valence-electron chi connectivity index (χ4n) is 3.19. The van der Waals surface area contributed by atoms with Crippen molar-refractivity contribution >= 4 is 11.6 Å². The first-order valence-corrected chi connectivity index (χ1v) is 10.0. The van der Waals surface area contributed by atoms with Gasteiger partial charge in [-0.05, 0) is 18.2 Å². The van der Waals surface area contributed by atoms with E-state index in [0.29, 0.717) is 11.8 Å². The molecule has 1 aromatic heterocycles. The first-order chi connectivity index (χ1) is 15.8. The lowest BCUT2D eigenvalue weighted by atomic mass is 9.92. The predicted molar refractivity (Wildman–Crippen MR) is 105 cm³/mol. The van der Waals surface area contributed by atoms with Crippen molar-refractivity contribution in [3.8, 4) is 11.3 Å². The maximum absolute atomic E-state index is 14.1. The molecule has 0 bridgehead atoms. The monoisotopic (exact) mass is 495 g/mol. The molecule has 1 aliphatic rings. The molecule has 1 aliphatic carbocycles. The normalized spacial score (nSPS) is 18.4. The van der Waals surface area contributed by atoms with Crippen LogP contribution >= 0.6 is 0 Å². The summed E-state index contributed by atoms with van der Waals surface area (Å²) < 4.78 is 98.9. The Morgan fingerprint density at radius 3 is 2.50 bits per heavy atom. The van der Waals surface area contributed by atoms with E-state index in [1.165, 1.54) is 17.1 Å². The zero-order valence-electron chi connectivity index (χ0n) is 17.5. The Balaban J connectivity index is 1.40. The van der Waals surface area contributed by atoms with Crippen molar-refractivity contribution in [1.82, 2.24) is 14.9 Å². The number of aromatic nitrogens is 2. The van der Waals surface area contributed by atoms with Crippen LogP contribution in [0.1, 0.15) is 24.8 Å². The van der Waals surface area contributed by atoms with Gasteiger partial charge in [0, 0.05) is 43.3 Å². The van der Waals surface area contributed by atoms with Crippen molar-refractivity contribution in [2.45, 2.75) is 44.0 Å². The Bertz CT molecular complexity index is 1030. The highest BCUT2D eigenvalue weighted by atomic mass is 19.4. The molecule has 1 N–H and O–H groups in total. The molecule has 0 radical (unpaired) electrons. The quantitative estimate of drug-likeness (QED) is 0.510. The molecule has 186 valence electrons. The molecule has 0 aliphatic heterocycles. The van der Waals surface area contributed by atoms with Gasteiger partial charge in [0.1, 0.15) is 12.4 Å². The molecule has 6 nitrogen and oxygen atoms in total. The van der Waals surface area contributed by atoms with Gasteiger partial charge in [0.25, 0.3) is 0 Å². The molecular weight excluding hydrogens is 475 g/mol. The lowest BCUT2D eigenvalue weighted by Gasteiger charge is -2.34. The average Bonchev–Trinajstić information content (AvgIpc) is 3.18. The number of ether oxygens (including phenoxy) is 2. The molecule has 34 heavy (non-hydrogen) atoms. The first-order valence-electron chi connectivity index (χ1n) is 10.0. The summed E-state index contributed by atoms with van der Waals surface area (Å²) in [6.45, 7) is 3.66. The summed E-state index contributed by atoms with van der Waals surface area (Å²) in [6.07, 6.45) is -7.73. The maximum atomic E-state index is 14.1. The molecule has 2 aromatic rings. The topological polar surface area (TPSA) is 65.4 Å². The van der Waals surface area contributed by atoms with Crippen LogP contribution in [0.25, 0.3) is 17.0 Å². The zero-order chi connectivity index (χ0) is 25.1. The Hall–Kier alpha value is -2.93. The van der Waals surface area contributed by atoms with Gasteiger partial charge in [-0.15, -0.1) is 13.2 Å². The van der Waals surface area contributed by atoms with E-state index < -0.39 is 42.0 Å². The zero-order valence-corrected chi connectivity index (χ0v) is 17.5. The molecule has 0 unspecified atom stereocenters. The number of hydrogen-bond donors (Lipinski definition) is 1. The second-order valence-corrected chi connectivity index (χ2v) is 7.61. The minimum absolute atomic E-state index is 0.0477. The number of alkyl halides is 6. The molecule has 1 saturated carbocycles. The van der Waals surface area contributed by atoms with E-state index in [0.717, 1.165) is 12.1 Å². The summed E-state index contributed by atoms with van der Waals surface area (Å²) in [7, 11) is 0. The van der Waals surface area contributed by atoms with Gasteiger partial charge >= 0.3 is 12.5 Å². The summed E-state index contributed by atoms with van der Waals surface area (Å²) in [6, 6.07) is 2.15. The first kappa shape index (κ1) is 25.7. The molecule has 0 saturated heterocycles. The van der Waals surface area contributed by atoms with Crippen molar-refractivity contribution < 1.29 is 45.0 Å². The number of hydrogen-bond acceptors (Lipinski definition) is 4. The van der Waals surface area contributed by atoms with Crippen LogP contribution in [0.5, 0.6) is 0 Å². The number of carbonyl (C=O) groups excluding carboxylic acids is 1. The second-order valence-electron chi connectivity index (χ2n) is 7.61. The third-order valence-electron chi connectivity index (χ3n) is 5.06. The number of nitrogens with zero attached hydrogens (tertiary/aromatic N) is 2. The summed E-state index contributed by atoms with van der Waals surface area (Å²) in [4.78, 5) is 15.8. The summed E-state index contributed by atoms with van der Waals surface area (Å²) >= 11 is 0. The van der Waals surface area contributed by atoms with Crippen molar-refractivity contribution in [2.75, 3.05) is 13.2 Å². The minimum Gasteiger partial charge on any atom is -0.368 e. The van der Waals surface area contributed by atoms with Crippen LogP contribution in [0, 0.1) is 5.82 Å². The minimum atomic E-state index is -4.70. The van der Waals surface area contributed by atoms with E-state index in [4.69, 9.17) is 4.74 Å². The summed E-state index contributed by atoms with van der Waals surface area (Å²) in [5.41, 5.74) is -0.635. The molecule has 0 spiro atoms. The molecule has 1 aromatic carbocycles. The number of rotatable bonds is 9. The van der Waals surface area contributed by atoms with Gasteiger partial charge in [0.2, 0.25) is 5.91 Å². The summed E-state index contributed by atoms with van der Waals surface area (Å²) in [5, 5.41) is 2.57. The molecule has 1 fully saturated rings. The van der Waals surface area contributed by atoms with Gasteiger partial charge in [-0.2, -0.15) is 13.2 Å². The van der Waals surface area contributed by atoms with E-state index >= 15 is 0 Å². The van der Waals surface area contributed by atoms with E-state index in [1.807, 2.05) is 0 Å². The van der Waals surface area contributed by atoms with E-state index in [1.54, 1.807) is 0 Å². The molecule has 1 heterocycles. The smallest absolute Gasteiger partial charge is 0.368 e. The Labute approximate surface area is 189 Å². The summed E-state index contributed by atoms with van der Waals surface area (Å²) in [5.74, 6) is -1.54. The van der Waals surface area contributed by atoms with E-state index in [9.17, 15) is 35.5 Å². The molecule has 3 rings (SSSR count). The Morgan fingerprint density at radius 1 is 1.18 bits per heavy atom. The number of halogens is 7. The van der Waals surface area contributed by atoms with E-state index in [-0.39, 0.29) is 43.7 Å². The van der Waals surface area contributed by atoms with Crippen molar-refractivity contribution in [1.29, 1.82) is 0 Å². The highest BCUT2D eigenvalue weighted by Gasteiger charge is 2.40. The molecular formula is C21H20F7N3O3. The molecule has 13 heteroatoms. The SMILES string of the molecule is C=C(CCNC(=O)CO[C@H]1C[C@@H](OC(F)(F)F)C1)n1cnc(-c2ccc(C(F)(F)F)cc2F)c1. The van der Waals surface area contributed by atoms with Crippen molar-refractivity contribution in [3.63, 3.8) is 0 Å². The van der Waals surface area contributed by atoms with Crippen LogP contribution in [-0.2, 0) is 20.4 Å². The predicted octanol–water partition coefficient (Wildman–Crippen LogP) is 4.77. The van der Waals surface area contributed by atoms with Gasteiger partial charge in [-0.1, -0.05) is 6.58 Å². The number of amides is 1. The molecule has 0 atom stereocenters. The molecule has 1 amide bonds. The third-order valence-corrected chi connectivity index (χ3v) is 5.06. The van der Waals surface area contributed by atoms with Gasteiger partial charge in [-0.3, -0.25) is 9.53 Å². The fraction of sp³-hybridized carbons (Fsp3) is 0.429. The van der Waals surface area contributed by atoms with Crippen LogP contribution < -0.4 is 5.32 Å². The number of benzene rings is 1. The largest absolute Gasteiger partial charge is 0.522 e. The van der Waals surface area contributed by atoms with Crippen LogP contribution in [0.3, 0.4) is 0 Å². The number of carbonyl (C=O) groups is 1. The van der Waals surface area contributed by atoms with Gasteiger partial charge in [0.15, 0.2) is 0 Å². The lowest BCUT2D eigenvalue weighted by Crippen LogP contribution is -2.42. The highest BCUT2D eigenvalue weighted by molar-refractivity contribution is 5.77. The maximum Gasteiger partial charge on any atom is 0.522 e. The van der Waals surface area contributed by atoms with Crippen LogP contribution in [-0.4, -0.2) is 47.2 Å². The van der Waals surface area contributed by atoms with E-state index in [2.05, 4.69) is 21.6 Å². The highest BCUT2D eigenvalue weighted by Crippen LogP contribution is 2.33. The van der Waals surface area contributed by atoms with Gasteiger partial charge in [-0.25, -0.2) is 9.37 Å². The third kappa shape index (κ3) is 7.03. The Kier molecular flexibility index (Phi) is 7.66. The van der Waals surface area contributed by atoms with Crippen LogP contribution in [0.4, 0.5) is 30.7 Å². The number of imidazole rings is 1. The standard InChI is InChI=1S/C21H20F7N3O3/c1-12(4-5-29-19(32)10-33-14-7-15(8-14)34-21(26,27)28)31-9-18(30-11-31)16-3-2-13(6-17(16)22)20(23,24)25/h2-3,6,9,11,14-15H,1,4-5,7-8,10H2,(H,29,32)/t14-,15+. The second kappa shape index (κ2) is 10.1. The van der Waals surface area contributed by atoms with Gasteiger partial charge < -0.3 is 14.6 Å².